The molecule has 0 aliphatic heterocycles. The Labute approximate surface area is 173 Å². The number of allylic oxidation sites excluding steroid dienone is 1. The second kappa shape index (κ2) is 15.2. The van der Waals surface area contributed by atoms with Crippen molar-refractivity contribution in [2.45, 2.75) is 96.2 Å². The first kappa shape index (κ1) is 24.3. The van der Waals surface area contributed by atoms with E-state index in [1.54, 1.807) is 0 Å². The van der Waals surface area contributed by atoms with E-state index < -0.39 is 5.97 Å². The Balaban J connectivity index is 2.42. The molecule has 0 radical (unpaired) electrons. The molecule has 6 heteroatoms. The predicted molar refractivity (Wildman–Crippen MR) is 118 cm³/mol. The number of aliphatic hydroxyl groups is 1. The first-order chi connectivity index (χ1) is 12.6. The van der Waals surface area contributed by atoms with E-state index in [9.17, 15) is 9.90 Å². The number of unbranched alkanes of at least 4 members (excludes halogenated alkanes) is 5. The molecule has 0 amide bonds. The van der Waals surface area contributed by atoms with Gasteiger partial charge >= 0.3 is 5.97 Å². The summed E-state index contributed by atoms with van der Waals surface area (Å²) in [6.07, 6.45) is 16.3. The molecule has 0 bridgehead atoms. The van der Waals surface area contributed by atoms with Crippen LogP contribution in [0.4, 0.5) is 0 Å². The van der Waals surface area contributed by atoms with E-state index in [2.05, 4.69) is 41.1 Å². The Kier molecular flexibility index (Phi) is 14.3. The smallest absolute Gasteiger partial charge is 0.303 e. The number of hydrogen-bond acceptors (Lipinski definition) is 3. The van der Waals surface area contributed by atoms with Gasteiger partial charge in [-0.3, -0.25) is 4.79 Å². The Hall–Kier alpha value is 0.290. The van der Waals surface area contributed by atoms with E-state index in [4.69, 9.17) is 9.63 Å². The van der Waals surface area contributed by atoms with Crippen LogP contribution >= 0.6 is 28.5 Å². The lowest BCUT2D eigenvalue weighted by molar-refractivity contribution is -0.137. The lowest BCUT2D eigenvalue weighted by Gasteiger charge is -2.23. The van der Waals surface area contributed by atoms with Gasteiger partial charge in [-0.2, -0.15) is 0 Å². The zero-order valence-corrected chi connectivity index (χ0v) is 19.2. The second-order valence-electron chi connectivity index (χ2n) is 7.45. The number of aliphatic carboxylic acids is 1. The van der Waals surface area contributed by atoms with Gasteiger partial charge in [0.2, 0.25) is 0 Å². The van der Waals surface area contributed by atoms with Gasteiger partial charge in [0.25, 0.3) is 0 Å². The first-order valence-corrected chi connectivity index (χ1v) is 14.2. The highest BCUT2D eigenvalue weighted by atomic mass is 127. The summed E-state index contributed by atoms with van der Waals surface area (Å²) in [4.78, 5) is 10.6. The molecule has 26 heavy (non-hydrogen) atoms. The van der Waals surface area contributed by atoms with Gasteiger partial charge in [0.1, 0.15) is 0 Å². The van der Waals surface area contributed by atoms with Crippen molar-refractivity contribution in [2.24, 2.45) is 11.8 Å². The van der Waals surface area contributed by atoms with Crippen LogP contribution in [-0.2, 0) is 9.32 Å². The lowest BCUT2D eigenvalue weighted by atomic mass is 9.88. The zero-order valence-electron chi connectivity index (χ0n) is 16.0. The Morgan fingerprint density at radius 2 is 2.08 bits per heavy atom. The van der Waals surface area contributed by atoms with E-state index in [-0.39, 0.29) is 12.5 Å². The van der Waals surface area contributed by atoms with Crippen LogP contribution in [0.25, 0.3) is 0 Å². The molecular formula is C20H36IO4P. The third-order valence-corrected chi connectivity index (χ3v) is 6.48. The summed E-state index contributed by atoms with van der Waals surface area (Å²) in [5.74, 6) is 0.144. The highest BCUT2D eigenvalue weighted by Gasteiger charge is 2.35. The molecule has 5 atom stereocenters. The molecule has 0 aromatic heterocycles. The van der Waals surface area contributed by atoms with Crippen molar-refractivity contribution in [3.05, 3.63) is 12.2 Å². The normalized spacial score (nSPS) is 24.8. The molecule has 3 unspecified atom stereocenters. The molecular weight excluding hydrogens is 462 g/mol. The summed E-state index contributed by atoms with van der Waals surface area (Å²) in [6.45, 7) is 2.72. The van der Waals surface area contributed by atoms with Crippen molar-refractivity contribution in [3.8, 4) is 0 Å². The van der Waals surface area contributed by atoms with Gasteiger partial charge < -0.3 is 14.7 Å². The number of carbonyl (C=O) groups is 1. The SMILES string of the molecule is CCCCCC/C=C/C1[C@@H](CC(O)CCCCC(=O)O)CC[C@H]1OPI. The molecule has 2 N–H and O–H groups in total. The summed E-state index contributed by atoms with van der Waals surface area (Å²) in [6, 6.07) is 0. The predicted octanol–water partition coefficient (Wildman–Crippen LogP) is 6.26. The van der Waals surface area contributed by atoms with Crippen LogP contribution in [0.1, 0.15) is 84.0 Å². The maximum absolute atomic E-state index is 10.6. The van der Waals surface area contributed by atoms with Gasteiger partial charge in [0.15, 0.2) is 0 Å². The Bertz CT molecular complexity index is 405. The van der Waals surface area contributed by atoms with Gasteiger partial charge in [-0.25, -0.2) is 0 Å². The fourth-order valence-corrected chi connectivity index (χ4v) is 5.25. The summed E-state index contributed by atoms with van der Waals surface area (Å²) in [5, 5.41) is 19.1. The van der Waals surface area contributed by atoms with Crippen LogP contribution < -0.4 is 0 Å². The molecule has 4 nitrogen and oxygen atoms in total. The van der Waals surface area contributed by atoms with Gasteiger partial charge in [-0.15, -0.1) is 0 Å². The number of halogens is 1. The minimum absolute atomic E-state index is 0.200. The van der Waals surface area contributed by atoms with Crippen molar-refractivity contribution >= 4 is 34.5 Å². The molecule has 0 aromatic rings. The minimum atomic E-state index is -0.751. The summed E-state index contributed by atoms with van der Waals surface area (Å²) >= 11 is 2.29. The molecule has 0 spiro atoms. The molecule has 1 saturated carbocycles. The fraction of sp³-hybridized carbons (Fsp3) is 0.850. The van der Waals surface area contributed by atoms with E-state index in [0.29, 0.717) is 37.2 Å². The quantitative estimate of drug-likeness (QED) is 0.121. The lowest BCUT2D eigenvalue weighted by Crippen LogP contribution is -2.22. The number of carboxylic acid groups (broad SMARTS) is 1. The van der Waals surface area contributed by atoms with Crippen molar-refractivity contribution in [1.82, 2.24) is 0 Å². The van der Waals surface area contributed by atoms with E-state index >= 15 is 0 Å². The van der Waals surface area contributed by atoms with Gasteiger partial charge in [0, 0.05) is 12.3 Å². The Morgan fingerprint density at radius 1 is 1.27 bits per heavy atom. The number of rotatable bonds is 15. The molecule has 0 aromatic carbocycles. The number of hydrogen-bond donors (Lipinski definition) is 2. The molecule has 1 aliphatic carbocycles. The Morgan fingerprint density at radius 3 is 2.77 bits per heavy atom. The third-order valence-electron chi connectivity index (χ3n) is 5.33. The van der Waals surface area contributed by atoms with Crippen molar-refractivity contribution in [3.63, 3.8) is 0 Å². The van der Waals surface area contributed by atoms with Crippen molar-refractivity contribution < 1.29 is 19.5 Å². The molecule has 1 rings (SSSR count). The molecule has 1 aliphatic rings. The van der Waals surface area contributed by atoms with Crippen molar-refractivity contribution in [1.29, 1.82) is 0 Å². The van der Waals surface area contributed by atoms with Gasteiger partial charge in [-0.1, -0.05) is 44.8 Å². The first-order valence-electron chi connectivity index (χ1n) is 10.2. The van der Waals surface area contributed by atoms with Crippen LogP contribution in [0.2, 0.25) is 0 Å². The van der Waals surface area contributed by atoms with Crippen LogP contribution in [0.5, 0.6) is 0 Å². The highest BCUT2D eigenvalue weighted by Crippen LogP contribution is 2.42. The standard InChI is InChI=1S/C20H36IO4P/c1-2-3-4-5-6-7-11-18-16(13-14-19(18)25-26-21)15-17(22)10-8-9-12-20(23)24/h7,11,16-19,22,26H,2-6,8-10,12-15H2,1H3,(H,23,24)/b11-7+/t16-,17?,18?,19-/m1/s1. The van der Waals surface area contributed by atoms with Gasteiger partial charge in [0.05, 0.1) is 18.7 Å². The zero-order chi connectivity index (χ0) is 19.2. The van der Waals surface area contributed by atoms with Crippen molar-refractivity contribution in [2.75, 3.05) is 0 Å². The average molecular weight is 498 g/mol. The van der Waals surface area contributed by atoms with Gasteiger partial charge in [-0.05, 0) is 72.9 Å². The summed E-state index contributed by atoms with van der Waals surface area (Å²) < 4.78 is 5.96. The largest absolute Gasteiger partial charge is 0.481 e. The van der Waals surface area contributed by atoms with Crippen LogP contribution in [0, 0.1) is 11.8 Å². The van der Waals surface area contributed by atoms with Crippen LogP contribution in [0.3, 0.4) is 0 Å². The monoisotopic (exact) mass is 498 g/mol. The van der Waals surface area contributed by atoms with Crippen LogP contribution in [0.15, 0.2) is 12.2 Å². The molecule has 0 heterocycles. The van der Waals surface area contributed by atoms with E-state index in [1.807, 2.05) is 0 Å². The summed E-state index contributed by atoms with van der Waals surface area (Å²) in [5.41, 5.74) is 0. The topological polar surface area (TPSA) is 66.8 Å². The average Bonchev–Trinajstić information content (AvgIpc) is 2.97. The van der Waals surface area contributed by atoms with E-state index in [1.165, 1.54) is 25.7 Å². The molecule has 0 saturated heterocycles. The fourth-order valence-electron chi connectivity index (χ4n) is 3.88. The highest BCUT2D eigenvalue weighted by molar-refractivity contribution is 14.2. The summed E-state index contributed by atoms with van der Waals surface area (Å²) in [7, 11) is 0. The molecule has 152 valence electrons. The maximum Gasteiger partial charge on any atom is 0.303 e. The third kappa shape index (κ3) is 10.6. The minimum Gasteiger partial charge on any atom is -0.481 e. The van der Waals surface area contributed by atoms with E-state index in [0.717, 1.165) is 32.1 Å². The molecule has 1 fully saturated rings. The second-order valence-corrected chi connectivity index (χ2v) is 9.17. The van der Waals surface area contributed by atoms with Crippen LogP contribution in [-0.4, -0.2) is 28.4 Å². The number of carboxylic acids is 1. The maximum atomic E-state index is 10.6. The number of aliphatic hydroxyl groups excluding tert-OH is 1.